The number of hydrogen-bond donors (Lipinski definition) is 1. The van der Waals surface area contributed by atoms with E-state index in [0.717, 1.165) is 38.5 Å². The average Bonchev–Trinajstić information content (AvgIpc) is 2.20. The van der Waals surface area contributed by atoms with E-state index >= 15 is 0 Å². The summed E-state index contributed by atoms with van der Waals surface area (Å²) in [6.45, 7) is 1.98. The molecule has 0 saturated heterocycles. The van der Waals surface area contributed by atoms with E-state index in [-0.39, 0.29) is 58.0 Å². The van der Waals surface area contributed by atoms with E-state index in [9.17, 15) is 13.0 Å². The summed E-state index contributed by atoms with van der Waals surface area (Å²) in [6.07, 6.45) is 6.66. The van der Waals surface area contributed by atoms with E-state index in [0.29, 0.717) is 12.8 Å². The largest absolute Gasteiger partial charge is 1.00 e. The molecule has 1 atom stereocenters. The minimum absolute atomic E-state index is 0. The maximum absolute atomic E-state index is 10.8. The van der Waals surface area contributed by atoms with Gasteiger partial charge in [0.05, 0.1) is 10.1 Å². The van der Waals surface area contributed by atoms with Crippen molar-refractivity contribution in [3.63, 3.8) is 0 Å². The van der Waals surface area contributed by atoms with Gasteiger partial charge in [-0.1, -0.05) is 39.0 Å². The number of unbranched alkanes of at least 4 members (excludes halogenated alkanes) is 5. The maximum atomic E-state index is 10.8. The van der Waals surface area contributed by atoms with Gasteiger partial charge in [-0.05, 0) is 19.3 Å². The third-order valence-corrected chi connectivity index (χ3v) is 4.18. The van der Waals surface area contributed by atoms with Crippen molar-refractivity contribution in [2.24, 2.45) is 0 Å². The second kappa shape index (κ2) is 12.5. The third kappa shape index (κ3) is 12.3. The SMILES string of the molecule is CCC(CCCCCCCCO)S(=O)(=O)[O-].[K+]. The average molecular weight is 290 g/mol. The molecule has 0 aliphatic rings. The number of rotatable bonds is 10. The van der Waals surface area contributed by atoms with Crippen molar-refractivity contribution in [2.45, 2.75) is 63.5 Å². The molecule has 0 saturated carbocycles. The van der Waals surface area contributed by atoms with Gasteiger partial charge in [-0.2, -0.15) is 0 Å². The molecular formula is C11H23KO4S. The molecular weight excluding hydrogens is 267 g/mol. The van der Waals surface area contributed by atoms with Gasteiger partial charge < -0.3 is 9.66 Å². The topological polar surface area (TPSA) is 77.4 Å². The molecule has 0 aromatic heterocycles. The predicted molar refractivity (Wildman–Crippen MR) is 63.2 cm³/mol. The summed E-state index contributed by atoms with van der Waals surface area (Å²) < 4.78 is 32.4. The molecule has 0 aromatic rings. The molecule has 0 aliphatic carbocycles. The fourth-order valence-electron chi connectivity index (χ4n) is 1.74. The minimum atomic E-state index is -4.10. The molecule has 98 valence electrons. The summed E-state index contributed by atoms with van der Waals surface area (Å²) in [4.78, 5) is 0. The van der Waals surface area contributed by atoms with Crippen molar-refractivity contribution < 1.29 is 69.5 Å². The van der Waals surface area contributed by atoms with Crippen LogP contribution in [0.4, 0.5) is 0 Å². The quantitative estimate of drug-likeness (QED) is 0.319. The molecule has 4 nitrogen and oxygen atoms in total. The predicted octanol–water partition coefficient (Wildman–Crippen LogP) is -0.963. The van der Waals surface area contributed by atoms with Gasteiger partial charge in [-0.25, -0.2) is 8.42 Å². The van der Waals surface area contributed by atoms with Crippen molar-refractivity contribution in [1.29, 1.82) is 0 Å². The number of aliphatic hydroxyl groups excluding tert-OH is 1. The zero-order valence-corrected chi connectivity index (χ0v) is 15.0. The fraction of sp³-hybridized carbons (Fsp3) is 1.00. The summed E-state index contributed by atoms with van der Waals surface area (Å²) in [6, 6.07) is 0. The van der Waals surface area contributed by atoms with Crippen molar-refractivity contribution in [3.05, 3.63) is 0 Å². The first-order valence-electron chi connectivity index (χ1n) is 6.08. The van der Waals surface area contributed by atoms with Crippen LogP contribution < -0.4 is 51.4 Å². The smallest absolute Gasteiger partial charge is 0.748 e. The standard InChI is InChI=1S/C11H24O4S.K/c1-2-11(16(13,14)15)9-7-5-3-4-6-8-10-12;/h11-12H,2-10H2,1H3,(H,13,14,15);/q;+1/p-1. The Morgan fingerprint density at radius 3 is 1.94 bits per heavy atom. The van der Waals surface area contributed by atoms with E-state index in [1.54, 1.807) is 6.92 Å². The monoisotopic (exact) mass is 290 g/mol. The van der Waals surface area contributed by atoms with Crippen molar-refractivity contribution in [2.75, 3.05) is 6.61 Å². The van der Waals surface area contributed by atoms with Gasteiger partial charge in [-0.3, -0.25) is 0 Å². The van der Waals surface area contributed by atoms with Crippen LogP contribution in [0.2, 0.25) is 0 Å². The Morgan fingerprint density at radius 2 is 1.53 bits per heavy atom. The van der Waals surface area contributed by atoms with Crippen LogP contribution in [0.15, 0.2) is 0 Å². The number of aliphatic hydroxyl groups is 1. The summed E-state index contributed by atoms with van der Waals surface area (Å²) in [5.41, 5.74) is 0. The molecule has 6 heteroatoms. The molecule has 0 radical (unpaired) electrons. The van der Waals surface area contributed by atoms with Gasteiger partial charge in [0.1, 0.15) is 0 Å². The van der Waals surface area contributed by atoms with E-state index in [4.69, 9.17) is 5.11 Å². The van der Waals surface area contributed by atoms with Crippen LogP contribution in [-0.2, 0) is 10.1 Å². The van der Waals surface area contributed by atoms with Gasteiger partial charge in [-0.15, -0.1) is 0 Å². The normalized spacial score (nSPS) is 13.1. The number of hydrogen-bond acceptors (Lipinski definition) is 4. The first kappa shape index (κ1) is 20.8. The molecule has 1 N–H and O–H groups in total. The van der Waals surface area contributed by atoms with E-state index in [1.807, 2.05) is 0 Å². The molecule has 17 heavy (non-hydrogen) atoms. The Balaban J connectivity index is 0. The van der Waals surface area contributed by atoms with Gasteiger partial charge >= 0.3 is 51.4 Å². The molecule has 0 rings (SSSR count). The molecule has 0 aromatic carbocycles. The minimum Gasteiger partial charge on any atom is -0.748 e. The van der Waals surface area contributed by atoms with Crippen LogP contribution in [0, 0.1) is 0 Å². The maximum Gasteiger partial charge on any atom is 1.00 e. The van der Waals surface area contributed by atoms with Crippen molar-refractivity contribution in [3.8, 4) is 0 Å². The van der Waals surface area contributed by atoms with Crippen LogP contribution >= 0.6 is 0 Å². The van der Waals surface area contributed by atoms with Crippen molar-refractivity contribution >= 4 is 10.1 Å². The molecule has 0 amide bonds. The van der Waals surface area contributed by atoms with Crippen LogP contribution in [0.5, 0.6) is 0 Å². The Bertz CT molecular complexity index is 254. The first-order chi connectivity index (χ1) is 7.52. The zero-order chi connectivity index (χ0) is 12.4. The fourth-order valence-corrected chi connectivity index (χ4v) is 2.61. The van der Waals surface area contributed by atoms with E-state index in [1.165, 1.54) is 0 Å². The molecule has 0 heterocycles. The van der Waals surface area contributed by atoms with Crippen LogP contribution in [0.1, 0.15) is 58.3 Å². The Kier molecular flexibility index (Phi) is 15.3. The van der Waals surface area contributed by atoms with Crippen molar-refractivity contribution in [1.82, 2.24) is 0 Å². The van der Waals surface area contributed by atoms with Gasteiger partial charge in [0.25, 0.3) is 0 Å². The molecule has 0 aliphatic heterocycles. The third-order valence-electron chi connectivity index (χ3n) is 2.80. The zero-order valence-electron chi connectivity index (χ0n) is 11.0. The van der Waals surface area contributed by atoms with Crippen LogP contribution in [0.3, 0.4) is 0 Å². The summed E-state index contributed by atoms with van der Waals surface area (Å²) in [5, 5.41) is 7.86. The molecule has 0 fully saturated rings. The van der Waals surface area contributed by atoms with E-state index in [2.05, 4.69) is 0 Å². The van der Waals surface area contributed by atoms with E-state index < -0.39 is 15.4 Å². The Labute approximate surface area is 148 Å². The second-order valence-electron chi connectivity index (χ2n) is 4.16. The Morgan fingerprint density at radius 1 is 1.06 bits per heavy atom. The summed E-state index contributed by atoms with van der Waals surface area (Å²) in [5.74, 6) is 0. The van der Waals surface area contributed by atoms with Gasteiger partial charge in [0, 0.05) is 11.9 Å². The van der Waals surface area contributed by atoms with Crippen LogP contribution in [-0.4, -0.2) is 29.9 Å². The molecule has 0 spiro atoms. The molecule has 0 bridgehead atoms. The summed E-state index contributed by atoms with van der Waals surface area (Å²) >= 11 is 0. The molecule has 1 unspecified atom stereocenters. The Hall–Kier alpha value is 1.51. The summed E-state index contributed by atoms with van der Waals surface area (Å²) in [7, 11) is -4.10. The van der Waals surface area contributed by atoms with Gasteiger partial charge in [0.15, 0.2) is 0 Å². The second-order valence-corrected chi connectivity index (χ2v) is 5.81. The van der Waals surface area contributed by atoms with Crippen LogP contribution in [0.25, 0.3) is 0 Å². The van der Waals surface area contributed by atoms with Gasteiger partial charge in [0.2, 0.25) is 0 Å². The first-order valence-corrected chi connectivity index (χ1v) is 7.55.